The monoisotopic (exact) mass is 193 g/mol. The minimum absolute atomic E-state index is 0.839. The zero-order valence-corrected chi connectivity index (χ0v) is 7.89. The normalized spacial score (nSPS) is 13.9. The Kier molecular flexibility index (Phi) is 1.32. The summed E-state index contributed by atoms with van der Waals surface area (Å²) in [6.45, 7) is 2.01. The quantitative estimate of drug-likeness (QED) is 0.637. The molecule has 0 unspecified atom stereocenters. The molecule has 0 saturated carbocycles. The fourth-order valence-corrected chi connectivity index (χ4v) is 2.54. The molecule has 0 N–H and O–H groups in total. The third-order valence-electron chi connectivity index (χ3n) is 2.17. The van der Waals surface area contributed by atoms with Crippen molar-refractivity contribution >= 4 is 11.3 Å². The van der Waals surface area contributed by atoms with Gasteiger partial charge in [-0.05, 0) is 18.5 Å². The summed E-state index contributed by atoms with van der Waals surface area (Å²) in [4.78, 5) is 5.73. The SMILES string of the molecule is Cc1nc2c(s1)CCc1nonc1-2. The van der Waals surface area contributed by atoms with Crippen LogP contribution in [0.15, 0.2) is 4.63 Å². The van der Waals surface area contributed by atoms with Gasteiger partial charge in [0.2, 0.25) is 0 Å². The molecule has 0 aliphatic heterocycles. The van der Waals surface area contributed by atoms with Crippen LogP contribution in [-0.4, -0.2) is 15.3 Å². The molecule has 0 fully saturated rings. The maximum absolute atomic E-state index is 4.70. The third kappa shape index (κ3) is 0.935. The number of thiazole rings is 1. The Morgan fingerprint density at radius 1 is 1.23 bits per heavy atom. The average molecular weight is 193 g/mol. The van der Waals surface area contributed by atoms with E-state index in [-0.39, 0.29) is 0 Å². The van der Waals surface area contributed by atoms with Gasteiger partial charge < -0.3 is 0 Å². The molecule has 1 aliphatic rings. The molecule has 0 aromatic carbocycles. The van der Waals surface area contributed by atoms with Crippen molar-refractivity contribution < 1.29 is 4.63 Å². The van der Waals surface area contributed by atoms with Crippen molar-refractivity contribution in [3.8, 4) is 11.4 Å². The van der Waals surface area contributed by atoms with Crippen LogP contribution in [0.5, 0.6) is 0 Å². The Balaban J connectivity index is 2.29. The Morgan fingerprint density at radius 2 is 2.15 bits per heavy atom. The van der Waals surface area contributed by atoms with Crippen LogP contribution in [0, 0.1) is 6.92 Å². The van der Waals surface area contributed by atoms with Crippen LogP contribution in [0.4, 0.5) is 0 Å². The number of rotatable bonds is 0. The molecule has 0 radical (unpaired) electrons. The Labute approximate surface area is 78.6 Å². The predicted octanol–water partition coefficient (Wildman–Crippen LogP) is 1.60. The largest absolute Gasteiger partial charge is 0.244 e. The van der Waals surface area contributed by atoms with E-state index in [4.69, 9.17) is 4.63 Å². The fraction of sp³-hybridized carbons (Fsp3) is 0.375. The van der Waals surface area contributed by atoms with E-state index in [9.17, 15) is 0 Å². The van der Waals surface area contributed by atoms with Gasteiger partial charge >= 0.3 is 0 Å². The minimum Gasteiger partial charge on any atom is -0.244 e. The van der Waals surface area contributed by atoms with Gasteiger partial charge in [0.1, 0.15) is 11.4 Å². The summed E-state index contributed by atoms with van der Waals surface area (Å²) >= 11 is 1.74. The second-order valence-electron chi connectivity index (χ2n) is 3.06. The van der Waals surface area contributed by atoms with Crippen molar-refractivity contribution in [2.24, 2.45) is 0 Å². The van der Waals surface area contributed by atoms with Crippen molar-refractivity contribution in [2.45, 2.75) is 19.8 Å². The molecular formula is C8H7N3OS. The van der Waals surface area contributed by atoms with Crippen LogP contribution in [0.25, 0.3) is 11.4 Å². The average Bonchev–Trinajstić information content (AvgIpc) is 2.65. The van der Waals surface area contributed by atoms with E-state index in [1.54, 1.807) is 11.3 Å². The number of fused-ring (bicyclic) bond motifs is 3. The summed E-state index contributed by atoms with van der Waals surface area (Å²) in [5.41, 5.74) is 2.76. The molecule has 5 heteroatoms. The van der Waals surface area contributed by atoms with Crippen LogP contribution in [0.1, 0.15) is 15.6 Å². The van der Waals surface area contributed by atoms with Crippen molar-refractivity contribution in [3.05, 3.63) is 15.6 Å². The van der Waals surface area contributed by atoms with Gasteiger partial charge in [-0.2, -0.15) is 0 Å². The second kappa shape index (κ2) is 2.38. The molecule has 2 heterocycles. The van der Waals surface area contributed by atoms with E-state index in [1.165, 1.54) is 4.88 Å². The van der Waals surface area contributed by atoms with Gasteiger partial charge in [-0.15, -0.1) is 11.3 Å². The first-order valence-corrected chi connectivity index (χ1v) is 4.94. The lowest BCUT2D eigenvalue weighted by atomic mass is 10.0. The van der Waals surface area contributed by atoms with Gasteiger partial charge in [0.15, 0.2) is 5.69 Å². The van der Waals surface area contributed by atoms with Gasteiger partial charge in [-0.1, -0.05) is 5.16 Å². The zero-order chi connectivity index (χ0) is 8.84. The molecule has 0 spiro atoms. The highest BCUT2D eigenvalue weighted by atomic mass is 32.1. The van der Waals surface area contributed by atoms with E-state index >= 15 is 0 Å². The van der Waals surface area contributed by atoms with E-state index in [1.807, 2.05) is 6.92 Å². The molecule has 13 heavy (non-hydrogen) atoms. The van der Waals surface area contributed by atoms with Crippen LogP contribution in [-0.2, 0) is 12.8 Å². The number of hydrogen-bond donors (Lipinski definition) is 0. The highest BCUT2D eigenvalue weighted by Crippen LogP contribution is 2.33. The van der Waals surface area contributed by atoms with Gasteiger partial charge in [0, 0.05) is 11.3 Å². The molecule has 0 amide bonds. The third-order valence-corrected chi connectivity index (χ3v) is 3.20. The lowest BCUT2D eigenvalue weighted by Gasteiger charge is -2.04. The van der Waals surface area contributed by atoms with Gasteiger partial charge in [0.05, 0.1) is 5.01 Å². The summed E-state index contributed by atoms with van der Waals surface area (Å²) in [5.74, 6) is 0. The van der Waals surface area contributed by atoms with Gasteiger partial charge in [0.25, 0.3) is 0 Å². The number of nitrogens with zero attached hydrogens (tertiary/aromatic N) is 3. The Hall–Kier alpha value is -1.23. The molecule has 66 valence electrons. The van der Waals surface area contributed by atoms with Gasteiger partial charge in [-0.25, -0.2) is 9.61 Å². The van der Waals surface area contributed by atoms with Crippen LogP contribution in [0.3, 0.4) is 0 Å². The van der Waals surface area contributed by atoms with E-state index in [0.29, 0.717) is 0 Å². The summed E-state index contributed by atoms with van der Waals surface area (Å²) in [6, 6.07) is 0. The maximum Gasteiger partial charge on any atom is 0.157 e. The Morgan fingerprint density at radius 3 is 3.08 bits per heavy atom. The first-order chi connectivity index (χ1) is 6.34. The van der Waals surface area contributed by atoms with Crippen LogP contribution in [0.2, 0.25) is 0 Å². The van der Waals surface area contributed by atoms with Gasteiger partial charge in [-0.3, -0.25) is 0 Å². The fourth-order valence-electron chi connectivity index (χ4n) is 1.61. The maximum atomic E-state index is 4.70. The number of hydrogen-bond acceptors (Lipinski definition) is 5. The van der Waals surface area contributed by atoms with Crippen molar-refractivity contribution in [1.29, 1.82) is 0 Å². The number of aromatic nitrogens is 3. The van der Waals surface area contributed by atoms with E-state index in [0.717, 1.165) is 34.9 Å². The van der Waals surface area contributed by atoms with Crippen molar-refractivity contribution in [1.82, 2.24) is 15.3 Å². The molecule has 0 bridgehead atoms. The van der Waals surface area contributed by atoms with Crippen LogP contribution >= 0.6 is 11.3 Å². The molecule has 2 aromatic rings. The smallest absolute Gasteiger partial charge is 0.157 e. The lowest BCUT2D eigenvalue weighted by Crippen LogP contribution is -2.00. The van der Waals surface area contributed by atoms with Crippen molar-refractivity contribution in [2.75, 3.05) is 0 Å². The molecule has 4 nitrogen and oxygen atoms in total. The molecule has 0 atom stereocenters. The molecule has 3 rings (SSSR count). The summed E-state index contributed by atoms with van der Waals surface area (Å²) < 4.78 is 4.70. The second-order valence-corrected chi connectivity index (χ2v) is 4.35. The first-order valence-electron chi connectivity index (χ1n) is 4.12. The summed E-state index contributed by atoms with van der Waals surface area (Å²) in [5, 5.41) is 8.80. The standard InChI is InChI=1S/C8H7N3OS/c1-4-9-8-6(13-4)3-2-5-7(8)11-12-10-5/h2-3H2,1H3. The summed E-state index contributed by atoms with van der Waals surface area (Å²) in [6.07, 6.45) is 1.94. The predicted molar refractivity (Wildman–Crippen MR) is 47.6 cm³/mol. The number of aryl methyl sites for hydroxylation is 3. The zero-order valence-electron chi connectivity index (χ0n) is 7.07. The van der Waals surface area contributed by atoms with E-state index < -0.39 is 0 Å². The van der Waals surface area contributed by atoms with Crippen LogP contribution < -0.4 is 0 Å². The molecule has 1 aliphatic carbocycles. The Bertz CT molecular complexity index is 460. The van der Waals surface area contributed by atoms with Crippen molar-refractivity contribution in [3.63, 3.8) is 0 Å². The molecule has 0 saturated heterocycles. The molecular weight excluding hydrogens is 186 g/mol. The minimum atomic E-state index is 0.839. The topological polar surface area (TPSA) is 51.8 Å². The summed E-state index contributed by atoms with van der Waals surface area (Å²) in [7, 11) is 0. The molecule has 2 aromatic heterocycles. The lowest BCUT2D eigenvalue weighted by molar-refractivity contribution is 0.304. The first kappa shape index (κ1) is 7.20. The highest BCUT2D eigenvalue weighted by molar-refractivity contribution is 7.12. The highest BCUT2D eigenvalue weighted by Gasteiger charge is 2.24. The van der Waals surface area contributed by atoms with E-state index in [2.05, 4.69) is 15.3 Å².